The molecule has 22 heteroatoms. The summed E-state index contributed by atoms with van der Waals surface area (Å²) in [4.78, 5) is 75.7. The largest absolute Gasteiger partial charge is 0.756 e. The lowest BCUT2D eigenvalue weighted by molar-refractivity contribution is -0.870. The lowest BCUT2D eigenvalue weighted by Crippen LogP contribution is -2.37. The van der Waals surface area contributed by atoms with Gasteiger partial charge in [-0.15, -0.1) is 0 Å². The molecule has 0 radical (unpaired) electrons. The van der Waals surface area contributed by atoms with Gasteiger partial charge in [0.1, 0.15) is 39.5 Å². The smallest absolute Gasteiger partial charge is 0.306 e. The summed E-state index contributed by atoms with van der Waals surface area (Å²) in [5.74, 6) is -1.74. The summed E-state index contributed by atoms with van der Waals surface area (Å²) in [6.45, 7) is 0.928. The molecule has 0 saturated carbocycles. The highest BCUT2D eigenvalue weighted by Crippen LogP contribution is 2.39. The van der Waals surface area contributed by atoms with E-state index in [1.807, 2.05) is 42.3 Å². The van der Waals surface area contributed by atoms with Crippen LogP contribution in [0, 0.1) is 0 Å². The first kappa shape index (κ1) is 93.9. The number of likely N-dealkylation sites (N-methyl/N-ethyl adjacent to an activating group) is 2. The van der Waals surface area contributed by atoms with Crippen molar-refractivity contribution in [1.82, 2.24) is 0 Å². The van der Waals surface area contributed by atoms with E-state index in [0.717, 1.165) is 103 Å². The minimum absolute atomic E-state index is 0.0463. The van der Waals surface area contributed by atoms with Gasteiger partial charge in [-0.1, -0.05) is 257 Å². The van der Waals surface area contributed by atoms with Crippen molar-refractivity contribution < 1.29 is 93.6 Å². The normalized spacial score (nSPS) is 13.9. The monoisotopic (exact) mass is 1410 g/mol. The molecule has 4 atom stereocenters. The molecule has 0 aliphatic rings. The molecule has 0 N–H and O–H groups in total. The van der Waals surface area contributed by atoms with Crippen molar-refractivity contribution >= 4 is 39.5 Å². The third-order valence-electron chi connectivity index (χ3n) is 17.3. The van der Waals surface area contributed by atoms with E-state index in [4.69, 9.17) is 46.5 Å². The lowest BCUT2D eigenvalue weighted by atomic mass is 10.0. The average Bonchev–Trinajstić information content (AvgIpc) is 1.41. The topological polar surface area (TPSA) is 241 Å². The Bertz CT molecular complexity index is 1770. The molecule has 0 saturated heterocycles. The van der Waals surface area contributed by atoms with Crippen LogP contribution in [0.3, 0.4) is 0 Å². The van der Waals surface area contributed by atoms with E-state index < -0.39 is 64.9 Å². The Balaban J connectivity index is 4.02. The predicted octanol–water partition coefficient (Wildman–Crippen LogP) is 17.1. The van der Waals surface area contributed by atoms with Crippen molar-refractivity contribution in [3.8, 4) is 0 Å². The second kappa shape index (κ2) is 65.0. The molecular weight excluding hydrogens is 1270 g/mol. The third kappa shape index (κ3) is 71.8. The number of unbranched alkanes of at least 4 members (excludes halogenated alkanes) is 43. The van der Waals surface area contributed by atoms with Crippen LogP contribution in [0.25, 0.3) is 0 Å². The summed E-state index contributed by atoms with van der Waals surface area (Å²) in [5, 5.41) is 0. The number of esters is 4. The van der Waals surface area contributed by atoms with Crippen LogP contribution in [0.2, 0.25) is 0 Å². The van der Waals surface area contributed by atoms with Gasteiger partial charge in [0.2, 0.25) is 0 Å². The number of phosphoric ester groups is 2. The fourth-order valence-corrected chi connectivity index (χ4v) is 12.6. The van der Waals surface area contributed by atoms with E-state index >= 15 is 0 Å². The fraction of sp³-hybridized carbons (Fsp3) is 0.946. The predicted molar refractivity (Wildman–Crippen MR) is 381 cm³/mol. The van der Waals surface area contributed by atoms with Crippen LogP contribution >= 0.6 is 15.6 Å². The van der Waals surface area contributed by atoms with Gasteiger partial charge in [0.15, 0.2) is 12.2 Å². The summed E-state index contributed by atoms with van der Waals surface area (Å²) < 4.78 is 78.4. The van der Waals surface area contributed by atoms with Gasteiger partial charge in [-0.25, -0.2) is 0 Å². The summed E-state index contributed by atoms with van der Waals surface area (Å²) in [5.41, 5.74) is 0. The van der Waals surface area contributed by atoms with E-state index in [0.29, 0.717) is 47.7 Å². The van der Waals surface area contributed by atoms with Crippen LogP contribution in [0.15, 0.2) is 0 Å². The highest BCUT2D eigenvalue weighted by atomic mass is 31.2. The molecule has 0 bridgehead atoms. The zero-order valence-electron chi connectivity index (χ0n) is 62.7. The summed E-state index contributed by atoms with van der Waals surface area (Å²) >= 11 is 0. The number of rotatable bonds is 75. The van der Waals surface area contributed by atoms with Crippen molar-refractivity contribution in [2.45, 2.75) is 333 Å². The van der Waals surface area contributed by atoms with Gasteiger partial charge in [0.25, 0.3) is 15.6 Å². The molecule has 20 nitrogen and oxygen atoms in total. The Morgan fingerprint density at radius 1 is 0.281 bits per heavy atom. The number of phosphoric acid groups is 2. The van der Waals surface area contributed by atoms with E-state index in [9.17, 15) is 38.1 Å². The maximum atomic E-state index is 12.7. The Hall–Kier alpha value is -2.06. The SMILES string of the molecule is COCCCCCCCCCCCC(=O)OC(COC(=O)CCCCCCCCCCCCCCCCCCCCCCCCCCCCCCC(=O)OCC(COP(=O)([O-])OCC[N+](C)(C)C)OC(=O)CCCCCCCCCCCOC)COP(=O)([O-])OCC[N+](C)(C)C. The van der Waals surface area contributed by atoms with Gasteiger partial charge in [-0.3, -0.25) is 28.3 Å². The van der Waals surface area contributed by atoms with Gasteiger partial charge in [-0.05, 0) is 38.5 Å². The number of nitrogens with zero attached hydrogens (tertiary/aromatic N) is 2. The summed E-state index contributed by atoms with van der Waals surface area (Å²) in [6, 6.07) is 0. The van der Waals surface area contributed by atoms with Gasteiger partial charge < -0.3 is 65.3 Å². The van der Waals surface area contributed by atoms with Crippen LogP contribution in [0.5, 0.6) is 0 Å². The molecule has 0 rings (SSSR count). The van der Waals surface area contributed by atoms with Gasteiger partial charge >= 0.3 is 23.9 Å². The summed E-state index contributed by atoms with van der Waals surface area (Å²) in [6.07, 6.45) is 52.0. The molecule has 0 aliphatic heterocycles. The molecule has 0 amide bonds. The van der Waals surface area contributed by atoms with Crippen LogP contribution in [0.4, 0.5) is 0 Å². The Kier molecular flexibility index (Phi) is 63.6. The Morgan fingerprint density at radius 3 is 0.688 bits per heavy atom. The van der Waals surface area contributed by atoms with E-state index in [-0.39, 0.29) is 52.1 Å². The minimum atomic E-state index is -4.65. The molecule has 0 aliphatic carbocycles. The number of quaternary nitrogens is 2. The van der Waals surface area contributed by atoms with Gasteiger partial charge in [0.05, 0.1) is 55.5 Å². The van der Waals surface area contributed by atoms with E-state index in [1.165, 1.54) is 180 Å². The number of hydrogen-bond donors (Lipinski definition) is 0. The van der Waals surface area contributed by atoms with E-state index in [2.05, 4.69) is 0 Å². The second-order valence-corrected chi connectivity index (χ2v) is 31.8. The van der Waals surface area contributed by atoms with Crippen molar-refractivity contribution in [2.24, 2.45) is 0 Å². The molecule has 0 heterocycles. The van der Waals surface area contributed by atoms with Crippen LogP contribution < -0.4 is 9.79 Å². The number of carbonyl (C=O) groups is 4. The molecule has 0 spiro atoms. The highest BCUT2D eigenvalue weighted by molar-refractivity contribution is 7.46. The third-order valence-corrected chi connectivity index (χ3v) is 19.2. The molecule has 96 heavy (non-hydrogen) atoms. The molecule has 0 aromatic carbocycles. The number of methoxy groups -OCH3 is 2. The minimum Gasteiger partial charge on any atom is -0.756 e. The standard InChI is InChI=1S/C74H146N2O18P2/c1-75(2,3)59-63-89-95(81,82)91-67-69(93-73(79)57-51-45-39-33-29-35-41-47-53-61-85-7)65-87-71(77)55-49-43-37-31-27-25-23-21-19-17-15-13-11-9-10-12-14-16-18-20-22-24-26-28-32-38-44-50-56-72(78)88-66-70(68-92-96(83,84)90-64-60-76(4,5)6)94-74(80)58-52-46-40-34-30-36-42-48-54-62-86-8/h69-70H,9-68H2,1-8H3. The van der Waals surface area contributed by atoms with Gasteiger partial charge in [-0.2, -0.15) is 0 Å². The molecule has 0 aromatic rings. The molecular formula is C74H146N2O18P2. The quantitative estimate of drug-likeness (QED) is 0.0181. The Morgan fingerprint density at radius 2 is 0.479 bits per heavy atom. The zero-order valence-corrected chi connectivity index (χ0v) is 64.5. The number of hydrogen-bond acceptors (Lipinski definition) is 18. The van der Waals surface area contributed by atoms with Crippen LogP contribution in [0.1, 0.15) is 321 Å². The summed E-state index contributed by atoms with van der Waals surface area (Å²) in [7, 11) is 5.70. The first-order valence-corrected chi connectivity index (χ1v) is 41.5. The Labute approximate surface area is 586 Å². The molecule has 0 aromatic heterocycles. The van der Waals surface area contributed by atoms with Crippen molar-refractivity contribution in [1.29, 1.82) is 0 Å². The fourth-order valence-electron chi connectivity index (χ4n) is 11.2. The zero-order chi connectivity index (χ0) is 71.0. The van der Waals surface area contributed by atoms with Crippen LogP contribution in [-0.4, -0.2) is 168 Å². The van der Waals surface area contributed by atoms with Crippen molar-refractivity contribution in [2.75, 3.05) is 122 Å². The first-order chi connectivity index (χ1) is 46.1. The average molecular weight is 1410 g/mol. The van der Waals surface area contributed by atoms with E-state index in [1.54, 1.807) is 14.2 Å². The molecule has 0 fully saturated rings. The first-order valence-electron chi connectivity index (χ1n) is 38.6. The maximum absolute atomic E-state index is 12.7. The van der Waals surface area contributed by atoms with Crippen molar-refractivity contribution in [3.63, 3.8) is 0 Å². The highest BCUT2D eigenvalue weighted by Gasteiger charge is 2.24. The molecule has 570 valence electrons. The number of carbonyl (C=O) groups excluding carboxylic acids is 4. The lowest BCUT2D eigenvalue weighted by Gasteiger charge is -2.28. The second-order valence-electron chi connectivity index (χ2n) is 29.0. The molecule has 4 unspecified atom stereocenters. The van der Waals surface area contributed by atoms with Crippen molar-refractivity contribution in [3.05, 3.63) is 0 Å². The van der Waals surface area contributed by atoms with Crippen LogP contribution in [-0.2, 0) is 74.8 Å². The maximum Gasteiger partial charge on any atom is 0.306 e. The van der Waals surface area contributed by atoms with Gasteiger partial charge in [0, 0.05) is 53.1 Å². The number of ether oxygens (including phenoxy) is 6.